The number of nitrogens with one attached hydrogen (secondary N) is 1. The van der Waals surface area contributed by atoms with E-state index >= 15 is 0 Å². The molecule has 2 aromatic carbocycles. The Labute approximate surface area is 142 Å². The monoisotopic (exact) mass is 322 g/mol. The highest BCUT2D eigenvalue weighted by atomic mass is 16.2. The van der Waals surface area contributed by atoms with Gasteiger partial charge in [-0.15, -0.1) is 0 Å². The summed E-state index contributed by atoms with van der Waals surface area (Å²) in [5.74, 6) is 0.0294. The van der Waals surface area contributed by atoms with Crippen LogP contribution in [-0.4, -0.2) is 35.8 Å². The van der Waals surface area contributed by atoms with E-state index in [9.17, 15) is 9.59 Å². The fourth-order valence-corrected chi connectivity index (χ4v) is 2.96. The average Bonchev–Trinajstić information content (AvgIpc) is 2.63. The maximum atomic E-state index is 12.4. The summed E-state index contributed by atoms with van der Waals surface area (Å²) in [6.45, 7) is 3.35. The third kappa shape index (κ3) is 3.82. The molecule has 3 rings (SSSR count). The molecule has 1 saturated heterocycles. The van der Waals surface area contributed by atoms with Crippen molar-refractivity contribution >= 4 is 11.8 Å². The molecule has 0 spiro atoms. The highest BCUT2D eigenvalue weighted by Gasteiger charge is 2.24. The van der Waals surface area contributed by atoms with Crippen LogP contribution >= 0.6 is 0 Å². The summed E-state index contributed by atoms with van der Waals surface area (Å²) in [6, 6.07) is 17.0. The third-order valence-electron chi connectivity index (χ3n) is 4.45. The van der Waals surface area contributed by atoms with Crippen LogP contribution in [0.5, 0.6) is 0 Å². The smallest absolute Gasteiger partial charge is 0.253 e. The Balaban J connectivity index is 1.53. The van der Waals surface area contributed by atoms with Crippen LogP contribution < -0.4 is 5.32 Å². The number of carbonyl (C=O) groups excluding carboxylic acids is 2. The van der Waals surface area contributed by atoms with E-state index in [4.69, 9.17) is 0 Å². The van der Waals surface area contributed by atoms with Crippen molar-refractivity contribution in [1.29, 1.82) is 0 Å². The summed E-state index contributed by atoms with van der Waals surface area (Å²) in [7, 11) is 0. The number of likely N-dealkylation sites (tertiary alicyclic amines) is 1. The van der Waals surface area contributed by atoms with E-state index in [1.165, 1.54) is 0 Å². The van der Waals surface area contributed by atoms with Crippen LogP contribution in [0.3, 0.4) is 0 Å². The zero-order valence-corrected chi connectivity index (χ0v) is 13.9. The van der Waals surface area contributed by atoms with Crippen molar-refractivity contribution in [3.8, 4) is 0 Å². The molecule has 0 radical (unpaired) electrons. The maximum Gasteiger partial charge on any atom is 0.253 e. The molecule has 1 aliphatic rings. The predicted molar refractivity (Wildman–Crippen MR) is 94.0 cm³/mol. The van der Waals surface area contributed by atoms with Crippen LogP contribution in [0, 0.1) is 6.92 Å². The number of amides is 2. The third-order valence-corrected chi connectivity index (χ3v) is 4.45. The lowest BCUT2D eigenvalue weighted by atomic mass is 10.0. The Kier molecular flexibility index (Phi) is 4.94. The van der Waals surface area contributed by atoms with Crippen LogP contribution in [0.2, 0.25) is 0 Å². The average molecular weight is 322 g/mol. The fourth-order valence-electron chi connectivity index (χ4n) is 2.96. The predicted octanol–water partition coefficient (Wildman–Crippen LogP) is 3.03. The van der Waals surface area contributed by atoms with Crippen LogP contribution in [0.25, 0.3) is 0 Å². The summed E-state index contributed by atoms with van der Waals surface area (Å²) in [6.07, 6.45) is 1.58. The van der Waals surface area contributed by atoms with Crippen molar-refractivity contribution in [1.82, 2.24) is 10.2 Å². The molecule has 124 valence electrons. The lowest BCUT2D eigenvalue weighted by molar-refractivity contribution is 0.0698. The van der Waals surface area contributed by atoms with Gasteiger partial charge in [-0.05, 0) is 44.0 Å². The number of carbonyl (C=O) groups is 2. The molecule has 1 aliphatic heterocycles. The van der Waals surface area contributed by atoms with Gasteiger partial charge in [-0.25, -0.2) is 0 Å². The SMILES string of the molecule is Cc1ccc(C(=O)NC2CCN(C(=O)c3ccccc3)CC2)cc1. The fraction of sp³-hybridized carbons (Fsp3) is 0.300. The minimum atomic E-state index is -0.0390. The molecule has 24 heavy (non-hydrogen) atoms. The van der Waals surface area contributed by atoms with Gasteiger partial charge in [0.05, 0.1) is 0 Å². The number of hydrogen-bond acceptors (Lipinski definition) is 2. The quantitative estimate of drug-likeness (QED) is 0.944. The lowest BCUT2D eigenvalue weighted by Gasteiger charge is -2.32. The zero-order chi connectivity index (χ0) is 16.9. The first-order valence-corrected chi connectivity index (χ1v) is 8.35. The van der Waals surface area contributed by atoms with Gasteiger partial charge in [0.25, 0.3) is 11.8 Å². The van der Waals surface area contributed by atoms with Gasteiger partial charge in [-0.3, -0.25) is 9.59 Å². The highest BCUT2D eigenvalue weighted by molar-refractivity contribution is 5.95. The summed E-state index contributed by atoms with van der Waals surface area (Å²) < 4.78 is 0. The van der Waals surface area contributed by atoms with Crippen LogP contribution in [0.4, 0.5) is 0 Å². The molecule has 0 unspecified atom stereocenters. The molecule has 2 aromatic rings. The molecule has 1 heterocycles. The number of piperidine rings is 1. The van der Waals surface area contributed by atoms with Crippen molar-refractivity contribution in [2.75, 3.05) is 13.1 Å². The summed E-state index contributed by atoms with van der Waals surface area (Å²) >= 11 is 0. The minimum Gasteiger partial charge on any atom is -0.349 e. The number of aryl methyl sites for hydroxylation is 1. The Morgan fingerprint density at radius 2 is 1.54 bits per heavy atom. The molecule has 1 fully saturated rings. The van der Waals surface area contributed by atoms with Gasteiger partial charge in [0.2, 0.25) is 0 Å². The molecule has 0 aliphatic carbocycles. The van der Waals surface area contributed by atoms with Gasteiger partial charge >= 0.3 is 0 Å². The second-order valence-electron chi connectivity index (χ2n) is 6.27. The maximum absolute atomic E-state index is 12.4. The van der Waals surface area contributed by atoms with E-state index in [0.717, 1.165) is 24.0 Å². The second kappa shape index (κ2) is 7.30. The van der Waals surface area contributed by atoms with Crippen molar-refractivity contribution in [2.45, 2.75) is 25.8 Å². The molecule has 4 heteroatoms. The summed E-state index contributed by atoms with van der Waals surface area (Å²) in [4.78, 5) is 26.6. The van der Waals surface area contributed by atoms with Gasteiger partial charge in [-0.1, -0.05) is 35.9 Å². The first-order chi connectivity index (χ1) is 11.6. The van der Waals surface area contributed by atoms with Crippen LogP contribution in [0.15, 0.2) is 54.6 Å². The molecule has 2 amide bonds. The summed E-state index contributed by atoms with van der Waals surface area (Å²) in [5.41, 5.74) is 2.54. The van der Waals surface area contributed by atoms with E-state index in [2.05, 4.69) is 5.32 Å². The molecule has 0 bridgehead atoms. The van der Waals surface area contributed by atoms with Crippen molar-refractivity contribution in [2.24, 2.45) is 0 Å². The molecule has 0 atom stereocenters. The number of rotatable bonds is 3. The molecule has 1 N–H and O–H groups in total. The first kappa shape index (κ1) is 16.2. The van der Waals surface area contributed by atoms with Crippen molar-refractivity contribution < 1.29 is 9.59 Å². The minimum absolute atomic E-state index is 0.0390. The Morgan fingerprint density at radius 1 is 0.917 bits per heavy atom. The highest BCUT2D eigenvalue weighted by Crippen LogP contribution is 2.15. The van der Waals surface area contributed by atoms with Gasteiger partial charge in [-0.2, -0.15) is 0 Å². The van der Waals surface area contributed by atoms with Crippen LogP contribution in [-0.2, 0) is 0 Å². The first-order valence-electron chi connectivity index (χ1n) is 8.35. The Bertz CT molecular complexity index is 702. The van der Waals surface area contributed by atoms with Gasteiger partial charge in [0, 0.05) is 30.3 Å². The molecular formula is C20H22N2O2. The lowest BCUT2D eigenvalue weighted by Crippen LogP contribution is -2.46. The standard InChI is InChI=1S/C20H22N2O2/c1-15-7-9-16(10-8-15)19(23)21-18-11-13-22(14-12-18)20(24)17-5-3-2-4-6-17/h2-10,18H,11-14H2,1H3,(H,21,23). The molecule has 0 aromatic heterocycles. The van der Waals surface area contributed by atoms with E-state index in [-0.39, 0.29) is 17.9 Å². The van der Waals surface area contributed by atoms with Crippen molar-refractivity contribution in [3.05, 3.63) is 71.3 Å². The second-order valence-corrected chi connectivity index (χ2v) is 6.27. The van der Waals surface area contributed by atoms with Gasteiger partial charge in [0.15, 0.2) is 0 Å². The Morgan fingerprint density at radius 3 is 2.17 bits per heavy atom. The molecular weight excluding hydrogens is 300 g/mol. The van der Waals surface area contributed by atoms with Crippen molar-refractivity contribution in [3.63, 3.8) is 0 Å². The van der Waals surface area contributed by atoms with Gasteiger partial charge < -0.3 is 10.2 Å². The van der Waals surface area contributed by atoms with E-state index in [1.807, 2.05) is 66.4 Å². The zero-order valence-electron chi connectivity index (χ0n) is 13.9. The number of hydrogen-bond donors (Lipinski definition) is 1. The van der Waals surface area contributed by atoms with E-state index < -0.39 is 0 Å². The Hall–Kier alpha value is -2.62. The number of benzene rings is 2. The van der Waals surface area contributed by atoms with E-state index in [0.29, 0.717) is 18.7 Å². The number of nitrogens with zero attached hydrogens (tertiary/aromatic N) is 1. The van der Waals surface area contributed by atoms with E-state index in [1.54, 1.807) is 0 Å². The molecule has 4 nitrogen and oxygen atoms in total. The molecule has 0 saturated carbocycles. The normalized spacial score (nSPS) is 15.1. The topological polar surface area (TPSA) is 49.4 Å². The van der Waals surface area contributed by atoms with Crippen LogP contribution in [0.1, 0.15) is 39.1 Å². The van der Waals surface area contributed by atoms with Gasteiger partial charge in [0.1, 0.15) is 0 Å². The largest absolute Gasteiger partial charge is 0.349 e. The summed E-state index contributed by atoms with van der Waals surface area (Å²) in [5, 5.41) is 3.08.